The summed E-state index contributed by atoms with van der Waals surface area (Å²) in [6.07, 6.45) is 4.86. The molecule has 1 unspecified atom stereocenters. The predicted molar refractivity (Wildman–Crippen MR) is 101 cm³/mol. The summed E-state index contributed by atoms with van der Waals surface area (Å²) in [7, 11) is -1.24. The van der Waals surface area contributed by atoms with Gasteiger partial charge in [0.15, 0.2) is 0 Å². The van der Waals surface area contributed by atoms with Gasteiger partial charge in [0.25, 0.3) is 0 Å². The Morgan fingerprint density at radius 3 is 2.20 bits per heavy atom. The molecule has 0 aliphatic heterocycles. The SMILES string of the molecule is CCC/C=C(\C)[SiH](c1ccccc1)c1ccc(I)cc1. The first-order chi connectivity index (χ1) is 9.72. The maximum absolute atomic E-state index is 2.45. The van der Waals surface area contributed by atoms with Crippen LogP contribution in [0.5, 0.6) is 0 Å². The lowest BCUT2D eigenvalue weighted by molar-refractivity contribution is 0.954. The molecule has 0 bridgehead atoms. The standard InChI is InChI=1S/C18H21ISi/c1-3-4-8-15(2)20(17-9-6-5-7-10-17)18-13-11-16(19)12-14-18/h5-14,20H,3-4H2,1-2H3/b15-8+. The summed E-state index contributed by atoms with van der Waals surface area (Å²) in [5, 5.41) is 4.61. The number of benzene rings is 2. The number of halogens is 1. The van der Waals surface area contributed by atoms with Crippen molar-refractivity contribution >= 4 is 41.8 Å². The first kappa shape index (κ1) is 15.5. The Morgan fingerprint density at radius 1 is 1.00 bits per heavy atom. The number of allylic oxidation sites excluding steroid dienone is 2. The minimum absolute atomic E-state index is 1.19. The highest BCUT2D eigenvalue weighted by molar-refractivity contribution is 14.1. The van der Waals surface area contributed by atoms with Crippen LogP contribution < -0.4 is 10.4 Å². The van der Waals surface area contributed by atoms with E-state index in [0.29, 0.717) is 0 Å². The Morgan fingerprint density at radius 2 is 1.60 bits per heavy atom. The van der Waals surface area contributed by atoms with Gasteiger partial charge in [-0.1, -0.05) is 77.5 Å². The molecule has 0 saturated heterocycles. The van der Waals surface area contributed by atoms with Gasteiger partial charge in [-0.15, -0.1) is 0 Å². The molecule has 0 radical (unpaired) electrons. The van der Waals surface area contributed by atoms with Crippen LogP contribution in [0.25, 0.3) is 0 Å². The van der Waals surface area contributed by atoms with Gasteiger partial charge in [0, 0.05) is 3.57 Å². The van der Waals surface area contributed by atoms with Gasteiger partial charge in [0.1, 0.15) is 8.80 Å². The molecule has 0 heterocycles. The van der Waals surface area contributed by atoms with Crippen LogP contribution in [-0.4, -0.2) is 8.80 Å². The maximum Gasteiger partial charge on any atom is 0.128 e. The highest BCUT2D eigenvalue weighted by Crippen LogP contribution is 2.08. The van der Waals surface area contributed by atoms with Gasteiger partial charge in [-0.2, -0.15) is 0 Å². The summed E-state index contributed by atoms with van der Waals surface area (Å²) in [4.78, 5) is 0. The van der Waals surface area contributed by atoms with E-state index in [4.69, 9.17) is 0 Å². The van der Waals surface area contributed by atoms with Crippen LogP contribution in [0, 0.1) is 3.57 Å². The third-order valence-electron chi connectivity index (χ3n) is 3.55. The van der Waals surface area contributed by atoms with Crippen molar-refractivity contribution in [2.45, 2.75) is 26.7 Å². The maximum atomic E-state index is 2.45. The second kappa shape index (κ2) is 7.79. The average Bonchev–Trinajstić information content (AvgIpc) is 2.48. The van der Waals surface area contributed by atoms with Crippen molar-refractivity contribution in [1.29, 1.82) is 0 Å². The molecule has 0 aliphatic carbocycles. The van der Waals surface area contributed by atoms with E-state index in [0.717, 1.165) is 0 Å². The highest BCUT2D eigenvalue weighted by atomic mass is 127. The van der Waals surface area contributed by atoms with E-state index in [1.807, 2.05) is 0 Å². The van der Waals surface area contributed by atoms with E-state index in [1.165, 1.54) is 26.8 Å². The second-order valence-electron chi connectivity index (χ2n) is 5.13. The largest absolute Gasteiger partial charge is 0.128 e. The minimum Gasteiger partial charge on any atom is -0.0890 e. The Labute approximate surface area is 137 Å². The first-order valence-electron chi connectivity index (χ1n) is 7.19. The van der Waals surface area contributed by atoms with Crippen molar-refractivity contribution in [2.24, 2.45) is 0 Å². The van der Waals surface area contributed by atoms with Crippen LogP contribution in [0.4, 0.5) is 0 Å². The van der Waals surface area contributed by atoms with Gasteiger partial charge in [-0.25, -0.2) is 0 Å². The molecule has 1 atom stereocenters. The fourth-order valence-corrected chi connectivity index (χ4v) is 5.89. The van der Waals surface area contributed by atoms with E-state index in [9.17, 15) is 0 Å². The number of hydrogen-bond donors (Lipinski definition) is 0. The summed E-state index contributed by atoms with van der Waals surface area (Å²) >= 11 is 2.38. The zero-order chi connectivity index (χ0) is 14.4. The number of hydrogen-bond acceptors (Lipinski definition) is 0. The molecule has 0 fully saturated rings. The van der Waals surface area contributed by atoms with Crippen LogP contribution >= 0.6 is 22.6 Å². The van der Waals surface area contributed by atoms with Gasteiger partial charge in [-0.3, -0.25) is 0 Å². The molecular formula is C18H21ISi. The van der Waals surface area contributed by atoms with Gasteiger partial charge in [0.05, 0.1) is 0 Å². The van der Waals surface area contributed by atoms with Crippen LogP contribution in [0.15, 0.2) is 65.9 Å². The second-order valence-corrected chi connectivity index (χ2v) is 9.49. The molecule has 2 aromatic rings. The zero-order valence-corrected chi connectivity index (χ0v) is 15.5. The van der Waals surface area contributed by atoms with Crippen molar-refractivity contribution < 1.29 is 0 Å². The Hall–Kier alpha value is -0.873. The van der Waals surface area contributed by atoms with Crippen LogP contribution in [0.3, 0.4) is 0 Å². The molecule has 2 aromatic carbocycles. The molecule has 0 spiro atoms. The van der Waals surface area contributed by atoms with E-state index >= 15 is 0 Å². The molecule has 0 saturated carbocycles. The van der Waals surface area contributed by atoms with Gasteiger partial charge >= 0.3 is 0 Å². The van der Waals surface area contributed by atoms with Crippen molar-refractivity contribution in [3.63, 3.8) is 0 Å². The smallest absolute Gasteiger partial charge is 0.0890 e. The quantitative estimate of drug-likeness (QED) is 0.535. The van der Waals surface area contributed by atoms with Crippen molar-refractivity contribution in [2.75, 3.05) is 0 Å². The minimum atomic E-state index is -1.24. The monoisotopic (exact) mass is 392 g/mol. The van der Waals surface area contributed by atoms with Gasteiger partial charge < -0.3 is 0 Å². The predicted octanol–water partition coefficient (Wildman–Crippen LogP) is 3.92. The fourth-order valence-electron chi connectivity index (χ4n) is 2.51. The number of unbranched alkanes of at least 4 members (excludes halogenated alkanes) is 1. The Balaban J connectivity index is 2.41. The van der Waals surface area contributed by atoms with Crippen molar-refractivity contribution in [3.8, 4) is 0 Å². The third-order valence-corrected chi connectivity index (χ3v) is 7.52. The molecule has 0 aromatic heterocycles. The lowest BCUT2D eigenvalue weighted by Crippen LogP contribution is -2.43. The molecule has 104 valence electrons. The lowest BCUT2D eigenvalue weighted by Gasteiger charge is -2.18. The molecule has 0 aliphatic rings. The normalized spacial score (nSPS) is 13.2. The first-order valence-corrected chi connectivity index (χ1v) is 10.0. The van der Waals surface area contributed by atoms with Gasteiger partial charge in [0.2, 0.25) is 0 Å². The van der Waals surface area contributed by atoms with E-state index in [2.05, 4.69) is 97.1 Å². The van der Waals surface area contributed by atoms with E-state index in [-0.39, 0.29) is 0 Å². The molecule has 2 rings (SSSR count). The van der Waals surface area contributed by atoms with E-state index in [1.54, 1.807) is 5.20 Å². The van der Waals surface area contributed by atoms with Gasteiger partial charge in [-0.05, 0) is 48.1 Å². The average molecular weight is 392 g/mol. The van der Waals surface area contributed by atoms with Crippen molar-refractivity contribution in [1.82, 2.24) is 0 Å². The van der Waals surface area contributed by atoms with Crippen LogP contribution in [0.1, 0.15) is 26.7 Å². The molecule has 20 heavy (non-hydrogen) atoms. The third kappa shape index (κ3) is 4.06. The fraction of sp³-hybridized carbons (Fsp3) is 0.222. The molecular weight excluding hydrogens is 371 g/mol. The zero-order valence-electron chi connectivity index (χ0n) is 12.1. The number of rotatable bonds is 5. The summed E-state index contributed by atoms with van der Waals surface area (Å²) in [6, 6.07) is 20.1. The topological polar surface area (TPSA) is 0 Å². The molecule has 0 N–H and O–H groups in total. The Bertz CT molecular complexity index is 558. The van der Waals surface area contributed by atoms with Crippen molar-refractivity contribution in [3.05, 3.63) is 69.4 Å². The van der Waals surface area contributed by atoms with Crippen LogP contribution in [-0.2, 0) is 0 Å². The Kier molecular flexibility index (Phi) is 6.04. The summed E-state index contributed by atoms with van der Waals surface area (Å²) in [5.74, 6) is 0. The molecule has 0 amide bonds. The highest BCUT2D eigenvalue weighted by Gasteiger charge is 2.17. The molecule has 0 nitrogen and oxygen atoms in total. The van der Waals surface area contributed by atoms with E-state index < -0.39 is 8.80 Å². The summed E-state index contributed by atoms with van der Waals surface area (Å²) < 4.78 is 1.31. The van der Waals surface area contributed by atoms with Crippen LogP contribution in [0.2, 0.25) is 0 Å². The summed E-state index contributed by atoms with van der Waals surface area (Å²) in [5.41, 5.74) is 0. The molecule has 2 heteroatoms. The summed E-state index contributed by atoms with van der Waals surface area (Å²) in [6.45, 7) is 4.56. The lowest BCUT2D eigenvalue weighted by atomic mass is 10.3.